The second-order valence-electron chi connectivity index (χ2n) is 6.36. The summed E-state index contributed by atoms with van der Waals surface area (Å²) in [5.74, 6) is -0.447. The first-order chi connectivity index (χ1) is 12.6. The zero-order chi connectivity index (χ0) is 18.3. The van der Waals surface area contributed by atoms with E-state index >= 15 is 0 Å². The van der Waals surface area contributed by atoms with Crippen LogP contribution in [0.2, 0.25) is 0 Å². The Morgan fingerprint density at radius 1 is 1.31 bits per heavy atom. The summed E-state index contributed by atoms with van der Waals surface area (Å²) in [5, 5.41) is 0.479. The van der Waals surface area contributed by atoms with Crippen LogP contribution >= 0.6 is 11.3 Å². The molecule has 0 atom stereocenters. The molecule has 1 aromatic heterocycles. The minimum atomic E-state index is -0.326. The van der Waals surface area contributed by atoms with Crippen molar-refractivity contribution in [2.24, 2.45) is 0 Å². The van der Waals surface area contributed by atoms with Crippen molar-refractivity contribution in [1.82, 2.24) is 0 Å². The Kier molecular flexibility index (Phi) is 4.38. The third-order valence-corrected chi connectivity index (χ3v) is 5.96. The summed E-state index contributed by atoms with van der Waals surface area (Å²) in [5.41, 5.74) is 9.28. The van der Waals surface area contributed by atoms with Crippen molar-refractivity contribution >= 4 is 38.7 Å². The van der Waals surface area contributed by atoms with Crippen molar-refractivity contribution in [3.63, 3.8) is 0 Å². The number of nitrogens with zero attached hydrogens (tertiary/aromatic N) is 1. The number of carbonyl (C=O) groups is 1. The zero-order valence-electron chi connectivity index (χ0n) is 14.4. The van der Waals surface area contributed by atoms with Gasteiger partial charge in [0.25, 0.3) is 5.91 Å². The third kappa shape index (κ3) is 2.66. The van der Waals surface area contributed by atoms with Gasteiger partial charge >= 0.3 is 0 Å². The normalized spacial score (nSPS) is 13.8. The van der Waals surface area contributed by atoms with E-state index in [-0.39, 0.29) is 18.3 Å². The summed E-state index contributed by atoms with van der Waals surface area (Å²) >= 11 is 1.32. The third-order valence-electron chi connectivity index (χ3n) is 4.78. The standard InChI is InChI=1S/C20H19FN2O2S/c1-25-11-13-18-14(21)6-2-9-17(18)26-19(13)20(24)23-10-4-5-12-15(22)7-3-8-16(12)23/h2-3,6-9H,4-5,10-11,22H2,1H3. The average Bonchev–Trinajstić information content (AvgIpc) is 3.01. The summed E-state index contributed by atoms with van der Waals surface area (Å²) in [6, 6.07) is 10.6. The first-order valence-corrected chi connectivity index (χ1v) is 9.31. The largest absolute Gasteiger partial charge is 0.398 e. The van der Waals surface area contributed by atoms with E-state index in [2.05, 4.69) is 0 Å². The number of carbonyl (C=O) groups excluding carboxylic acids is 1. The Hall–Kier alpha value is -2.44. The number of ether oxygens (including phenoxy) is 1. The van der Waals surface area contributed by atoms with Gasteiger partial charge in [0.1, 0.15) is 5.82 Å². The summed E-state index contributed by atoms with van der Waals surface area (Å²) in [6.45, 7) is 0.818. The number of thiophene rings is 1. The molecule has 0 saturated heterocycles. The molecule has 1 amide bonds. The molecule has 0 fully saturated rings. The maximum atomic E-state index is 14.4. The predicted molar refractivity (Wildman–Crippen MR) is 103 cm³/mol. The van der Waals surface area contributed by atoms with Gasteiger partial charge in [-0.05, 0) is 42.7 Å². The molecule has 2 aromatic carbocycles. The highest BCUT2D eigenvalue weighted by molar-refractivity contribution is 7.21. The Morgan fingerprint density at radius 2 is 2.12 bits per heavy atom. The van der Waals surface area contributed by atoms with Gasteiger partial charge in [-0.15, -0.1) is 11.3 Å². The number of rotatable bonds is 3. The van der Waals surface area contributed by atoms with Crippen LogP contribution < -0.4 is 10.6 Å². The SMILES string of the molecule is COCc1c(C(=O)N2CCCc3c(N)cccc32)sc2cccc(F)c12. The van der Waals surface area contributed by atoms with E-state index in [0.717, 1.165) is 28.8 Å². The lowest BCUT2D eigenvalue weighted by atomic mass is 9.99. The number of fused-ring (bicyclic) bond motifs is 2. The summed E-state index contributed by atoms with van der Waals surface area (Å²) in [6.07, 6.45) is 1.71. The Labute approximate surface area is 155 Å². The molecule has 0 radical (unpaired) electrons. The van der Waals surface area contributed by atoms with E-state index in [0.29, 0.717) is 28.1 Å². The van der Waals surface area contributed by atoms with Gasteiger partial charge < -0.3 is 15.4 Å². The van der Waals surface area contributed by atoms with Crippen LogP contribution in [0.3, 0.4) is 0 Å². The fourth-order valence-corrected chi connectivity index (χ4v) is 4.78. The Balaban J connectivity index is 1.84. The number of methoxy groups -OCH3 is 1. The van der Waals surface area contributed by atoms with Gasteiger partial charge in [0.15, 0.2) is 0 Å². The number of benzene rings is 2. The van der Waals surface area contributed by atoms with Crippen molar-refractivity contribution in [3.8, 4) is 0 Å². The first-order valence-electron chi connectivity index (χ1n) is 8.50. The van der Waals surface area contributed by atoms with Gasteiger partial charge in [-0.1, -0.05) is 12.1 Å². The summed E-state index contributed by atoms with van der Waals surface area (Å²) < 4.78 is 20.4. The first kappa shape index (κ1) is 17.0. The topological polar surface area (TPSA) is 55.6 Å². The highest BCUT2D eigenvalue weighted by Gasteiger charge is 2.29. The highest BCUT2D eigenvalue weighted by atomic mass is 32.1. The van der Waals surface area contributed by atoms with E-state index in [9.17, 15) is 9.18 Å². The monoisotopic (exact) mass is 370 g/mol. The molecule has 4 rings (SSSR count). The van der Waals surface area contributed by atoms with Crippen molar-refractivity contribution < 1.29 is 13.9 Å². The van der Waals surface area contributed by atoms with Gasteiger partial charge in [-0.3, -0.25) is 4.79 Å². The quantitative estimate of drug-likeness (QED) is 0.697. The van der Waals surface area contributed by atoms with Crippen LogP contribution in [-0.4, -0.2) is 19.6 Å². The van der Waals surface area contributed by atoms with Crippen molar-refractivity contribution in [3.05, 3.63) is 58.2 Å². The second-order valence-corrected chi connectivity index (χ2v) is 7.41. The predicted octanol–water partition coefficient (Wildman–Crippen LogP) is 4.36. The Bertz CT molecular complexity index is 999. The highest BCUT2D eigenvalue weighted by Crippen LogP contribution is 2.37. The van der Waals surface area contributed by atoms with E-state index in [1.807, 2.05) is 24.3 Å². The number of anilines is 2. The van der Waals surface area contributed by atoms with Crippen molar-refractivity contribution in [2.75, 3.05) is 24.3 Å². The molecular formula is C20H19FN2O2S. The fraction of sp³-hybridized carbons (Fsp3) is 0.250. The molecule has 0 saturated carbocycles. The minimum absolute atomic E-state index is 0.121. The van der Waals surface area contributed by atoms with Gasteiger partial charge in [-0.25, -0.2) is 4.39 Å². The number of nitrogen functional groups attached to an aromatic ring is 1. The van der Waals surface area contributed by atoms with E-state index < -0.39 is 0 Å². The van der Waals surface area contributed by atoms with E-state index in [4.69, 9.17) is 10.5 Å². The fourth-order valence-electron chi connectivity index (χ4n) is 3.61. The van der Waals surface area contributed by atoms with Crippen molar-refractivity contribution in [2.45, 2.75) is 19.4 Å². The Morgan fingerprint density at radius 3 is 2.92 bits per heavy atom. The number of hydrogen-bond donors (Lipinski definition) is 1. The molecule has 1 aliphatic heterocycles. The molecule has 4 nitrogen and oxygen atoms in total. The molecule has 0 unspecified atom stereocenters. The molecule has 2 heterocycles. The molecule has 26 heavy (non-hydrogen) atoms. The van der Waals surface area contributed by atoms with Crippen LogP contribution in [0.5, 0.6) is 0 Å². The maximum Gasteiger partial charge on any atom is 0.268 e. The van der Waals surface area contributed by atoms with E-state index in [1.165, 1.54) is 17.4 Å². The molecule has 0 bridgehead atoms. The molecule has 3 aromatic rings. The lowest BCUT2D eigenvalue weighted by Gasteiger charge is -2.30. The number of nitrogens with two attached hydrogens (primary N) is 1. The van der Waals surface area contributed by atoms with Crippen LogP contribution in [0.25, 0.3) is 10.1 Å². The zero-order valence-corrected chi connectivity index (χ0v) is 15.2. The molecule has 6 heteroatoms. The second kappa shape index (κ2) is 6.70. The molecular weight excluding hydrogens is 351 g/mol. The van der Waals surface area contributed by atoms with Gasteiger partial charge in [0.05, 0.1) is 11.5 Å². The molecule has 1 aliphatic rings. The number of amides is 1. The smallest absolute Gasteiger partial charge is 0.268 e. The molecule has 0 spiro atoms. The average molecular weight is 370 g/mol. The lowest BCUT2D eigenvalue weighted by Crippen LogP contribution is -2.35. The summed E-state index contributed by atoms with van der Waals surface area (Å²) in [4.78, 5) is 15.7. The van der Waals surface area contributed by atoms with Gasteiger partial charge in [0, 0.05) is 40.7 Å². The van der Waals surface area contributed by atoms with Crippen LogP contribution in [-0.2, 0) is 17.8 Å². The number of hydrogen-bond acceptors (Lipinski definition) is 4. The van der Waals surface area contributed by atoms with Gasteiger partial charge in [-0.2, -0.15) is 0 Å². The minimum Gasteiger partial charge on any atom is -0.398 e. The van der Waals surface area contributed by atoms with Gasteiger partial charge in [0.2, 0.25) is 0 Å². The maximum absolute atomic E-state index is 14.4. The molecule has 0 aliphatic carbocycles. The van der Waals surface area contributed by atoms with Crippen LogP contribution in [0.15, 0.2) is 36.4 Å². The summed E-state index contributed by atoms with van der Waals surface area (Å²) in [7, 11) is 1.55. The van der Waals surface area contributed by atoms with Crippen LogP contribution in [0.1, 0.15) is 27.2 Å². The van der Waals surface area contributed by atoms with Crippen LogP contribution in [0.4, 0.5) is 15.8 Å². The van der Waals surface area contributed by atoms with Crippen LogP contribution in [0, 0.1) is 5.82 Å². The van der Waals surface area contributed by atoms with Crippen molar-refractivity contribution in [1.29, 1.82) is 0 Å². The number of halogens is 1. The van der Waals surface area contributed by atoms with E-state index in [1.54, 1.807) is 18.1 Å². The molecule has 134 valence electrons. The molecule has 2 N–H and O–H groups in total. The lowest BCUT2D eigenvalue weighted by molar-refractivity contribution is 0.0985.